The zero-order valence-corrected chi connectivity index (χ0v) is 13.2. The number of allylic oxidation sites excluding steroid dienone is 1. The van der Waals surface area contributed by atoms with Gasteiger partial charge < -0.3 is 4.74 Å². The van der Waals surface area contributed by atoms with Gasteiger partial charge in [0.1, 0.15) is 5.75 Å². The maximum absolute atomic E-state index is 5.71. The summed E-state index contributed by atoms with van der Waals surface area (Å²) in [5.74, 6) is 4.47. The van der Waals surface area contributed by atoms with Crippen molar-refractivity contribution in [3.8, 4) is 5.75 Å². The van der Waals surface area contributed by atoms with Crippen LogP contribution in [0.3, 0.4) is 0 Å². The minimum absolute atomic E-state index is 0.0740. The second-order valence-corrected chi connectivity index (χ2v) is 8.19. The van der Waals surface area contributed by atoms with Gasteiger partial charge >= 0.3 is 0 Å². The van der Waals surface area contributed by atoms with Gasteiger partial charge in [-0.2, -0.15) is 0 Å². The Labute approximate surface area is 136 Å². The first-order valence-electron chi connectivity index (χ1n) is 9.06. The largest absolute Gasteiger partial charge is 0.464 e. The third kappa shape index (κ3) is 1.57. The highest BCUT2D eigenvalue weighted by molar-refractivity contribution is 5.84. The fourth-order valence-corrected chi connectivity index (χ4v) is 6.27. The molecule has 4 aliphatic carbocycles. The van der Waals surface area contributed by atoms with Gasteiger partial charge in [0.25, 0.3) is 0 Å². The lowest BCUT2D eigenvalue weighted by atomic mass is 9.48. The minimum Gasteiger partial charge on any atom is -0.464 e. The molecule has 116 valence electrons. The number of ether oxygens (including phenoxy) is 1. The maximum Gasteiger partial charge on any atom is 0.134 e. The molecule has 0 amide bonds. The van der Waals surface area contributed by atoms with E-state index < -0.39 is 0 Å². The highest BCUT2D eigenvalue weighted by Gasteiger charge is 2.56. The molecule has 4 bridgehead atoms. The van der Waals surface area contributed by atoms with Gasteiger partial charge in [0.05, 0.1) is 11.8 Å². The third-order valence-electron chi connectivity index (χ3n) is 7.07. The number of hydrogen-bond acceptors (Lipinski definition) is 2. The molecular formula is C21H21NO. The molecule has 0 unspecified atom stereocenters. The zero-order chi connectivity index (χ0) is 15.0. The SMILES string of the molecule is C1=COc2ccc3c(c2=C1)=CC1(N=C3)C2CC3CC(C2)CC1C3. The van der Waals surface area contributed by atoms with E-state index in [0.717, 1.165) is 29.4 Å². The lowest BCUT2D eigenvalue weighted by molar-refractivity contribution is -0.0251. The molecule has 4 saturated carbocycles. The van der Waals surface area contributed by atoms with E-state index in [-0.39, 0.29) is 5.54 Å². The Morgan fingerprint density at radius 1 is 0.957 bits per heavy atom. The van der Waals surface area contributed by atoms with Crippen molar-refractivity contribution in [2.45, 2.75) is 37.6 Å². The predicted octanol–water partition coefficient (Wildman–Crippen LogP) is 2.78. The Hall–Kier alpha value is -1.83. The van der Waals surface area contributed by atoms with E-state index in [2.05, 4.69) is 30.5 Å². The van der Waals surface area contributed by atoms with Crippen molar-refractivity contribution in [3.05, 3.63) is 40.5 Å². The molecule has 2 heteroatoms. The van der Waals surface area contributed by atoms with E-state index >= 15 is 0 Å². The molecule has 0 atom stereocenters. The minimum atomic E-state index is 0.0740. The smallest absolute Gasteiger partial charge is 0.134 e. The number of benzene rings is 1. The first-order chi connectivity index (χ1) is 11.3. The summed E-state index contributed by atoms with van der Waals surface area (Å²) in [6.07, 6.45) is 17.7. The van der Waals surface area contributed by atoms with E-state index in [1.165, 1.54) is 48.1 Å². The summed E-state index contributed by atoms with van der Waals surface area (Å²) >= 11 is 0. The molecule has 0 radical (unpaired) electrons. The van der Waals surface area contributed by atoms with Gasteiger partial charge in [0, 0.05) is 17.0 Å². The summed E-state index contributed by atoms with van der Waals surface area (Å²) in [6.45, 7) is 0. The van der Waals surface area contributed by atoms with Crippen LogP contribution in [0.4, 0.5) is 0 Å². The Kier molecular flexibility index (Phi) is 2.28. The molecule has 0 aromatic heterocycles. The van der Waals surface area contributed by atoms with Gasteiger partial charge in [-0.15, -0.1) is 0 Å². The fraction of sp³-hybridized carbons (Fsp3) is 0.476. The van der Waals surface area contributed by atoms with Crippen molar-refractivity contribution in [3.63, 3.8) is 0 Å². The normalized spacial score (nSPS) is 41.0. The van der Waals surface area contributed by atoms with Crippen molar-refractivity contribution < 1.29 is 4.74 Å². The summed E-state index contributed by atoms with van der Waals surface area (Å²) in [6, 6.07) is 4.23. The summed E-state index contributed by atoms with van der Waals surface area (Å²) < 4.78 is 5.71. The monoisotopic (exact) mass is 303 g/mol. The molecule has 0 N–H and O–H groups in total. The fourth-order valence-electron chi connectivity index (χ4n) is 6.27. The van der Waals surface area contributed by atoms with Crippen molar-refractivity contribution in [2.75, 3.05) is 0 Å². The van der Waals surface area contributed by atoms with E-state index in [1.807, 2.05) is 6.08 Å². The number of rotatable bonds is 0. The molecule has 6 aliphatic rings. The number of aliphatic imine (C=N–C) groups is 1. The van der Waals surface area contributed by atoms with Crippen LogP contribution in [-0.4, -0.2) is 11.8 Å². The Morgan fingerprint density at radius 2 is 1.74 bits per heavy atom. The van der Waals surface area contributed by atoms with Crippen LogP contribution in [0.5, 0.6) is 5.75 Å². The first-order valence-corrected chi connectivity index (χ1v) is 9.06. The molecule has 1 spiro atoms. The third-order valence-corrected chi connectivity index (χ3v) is 7.07. The second kappa shape index (κ2) is 4.17. The molecule has 2 heterocycles. The highest BCUT2D eigenvalue weighted by Crippen LogP contribution is 2.60. The predicted molar refractivity (Wildman–Crippen MR) is 91.8 cm³/mol. The lowest BCUT2D eigenvalue weighted by Gasteiger charge is -2.59. The molecule has 23 heavy (non-hydrogen) atoms. The molecule has 2 nitrogen and oxygen atoms in total. The number of nitrogens with zero attached hydrogens (tertiary/aromatic N) is 1. The van der Waals surface area contributed by atoms with E-state index in [9.17, 15) is 0 Å². The van der Waals surface area contributed by atoms with Gasteiger partial charge in [-0.3, -0.25) is 4.99 Å². The van der Waals surface area contributed by atoms with Crippen molar-refractivity contribution >= 4 is 18.4 Å². The quantitative estimate of drug-likeness (QED) is 0.722. The molecule has 4 fully saturated rings. The molecule has 0 saturated heterocycles. The topological polar surface area (TPSA) is 21.6 Å². The average molecular weight is 303 g/mol. The van der Waals surface area contributed by atoms with Crippen LogP contribution in [0.25, 0.3) is 12.2 Å². The van der Waals surface area contributed by atoms with Gasteiger partial charge in [0.2, 0.25) is 0 Å². The summed E-state index contributed by atoms with van der Waals surface area (Å²) in [4.78, 5) is 5.20. The van der Waals surface area contributed by atoms with E-state index in [4.69, 9.17) is 9.73 Å². The number of fused-ring (bicyclic) bond motifs is 3. The maximum atomic E-state index is 5.71. The Balaban J connectivity index is 1.61. The van der Waals surface area contributed by atoms with Gasteiger partial charge in [-0.1, -0.05) is 0 Å². The van der Waals surface area contributed by atoms with Gasteiger partial charge in [-0.25, -0.2) is 0 Å². The molecular weight excluding hydrogens is 282 g/mol. The standard InChI is InChI=1S/C21H21NO/c1-2-18-19-11-21(22-12-15(19)3-4-20(18)23-5-1)16-7-13-6-14(9-16)10-17(21)8-13/h1-5,11-14,16-17H,6-10H2. The highest BCUT2D eigenvalue weighted by atomic mass is 16.5. The van der Waals surface area contributed by atoms with Crippen LogP contribution in [0.2, 0.25) is 0 Å². The van der Waals surface area contributed by atoms with Crippen molar-refractivity contribution in [2.24, 2.45) is 28.7 Å². The van der Waals surface area contributed by atoms with Crippen LogP contribution in [0.1, 0.15) is 37.7 Å². The number of hydrogen-bond donors (Lipinski definition) is 0. The summed E-state index contributed by atoms with van der Waals surface area (Å²) in [7, 11) is 0. The first kappa shape index (κ1) is 12.6. The van der Waals surface area contributed by atoms with E-state index in [1.54, 1.807) is 6.26 Å². The summed E-state index contributed by atoms with van der Waals surface area (Å²) in [5, 5.41) is 2.60. The van der Waals surface area contributed by atoms with Crippen LogP contribution in [-0.2, 0) is 0 Å². The lowest BCUT2D eigenvalue weighted by Crippen LogP contribution is -2.57. The second-order valence-electron chi connectivity index (χ2n) is 8.19. The molecule has 2 aliphatic heterocycles. The summed E-state index contributed by atoms with van der Waals surface area (Å²) in [5.41, 5.74) is 1.32. The van der Waals surface area contributed by atoms with E-state index in [0.29, 0.717) is 0 Å². The van der Waals surface area contributed by atoms with Gasteiger partial charge in [-0.05, 0) is 91.4 Å². The van der Waals surface area contributed by atoms with Crippen molar-refractivity contribution in [1.82, 2.24) is 0 Å². The van der Waals surface area contributed by atoms with Crippen LogP contribution in [0.15, 0.2) is 29.5 Å². The van der Waals surface area contributed by atoms with Crippen molar-refractivity contribution in [1.29, 1.82) is 0 Å². The van der Waals surface area contributed by atoms with Gasteiger partial charge in [0.15, 0.2) is 0 Å². The van der Waals surface area contributed by atoms with Crippen LogP contribution >= 0.6 is 0 Å². The Bertz CT molecular complexity index is 848. The van der Waals surface area contributed by atoms with Crippen LogP contribution < -0.4 is 15.2 Å². The molecule has 7 rings (SSSR count). The average Bonchev–Trinajstić information content (AvgIpc) is 2.59. The van der Waals surface area contributed by atoms with Crippen LogP contribution in [0, 0.1) is 23.7 Å². The Morgan fingerprint density at radius 3 is 2.52 bits per heavy atom. The zero-order valence-electron chi connectivity index (χ0n) is 13.2. The molecule has 1 aromatic rings. The molecule has 1 aromatic carbocycles.